The largest absolute Gasteiger partial charge is 0.494 e. The summed E-state index contributed by atoms with van der Waals surface area (Å²) in [5, 5.41) is 0.879. The van der Waals surface area contributed by atoms with Gasteiger partial charge in [0.25, 0.3) is 0 Å². The molecule has 12 heteroatoms. The maximum Gasteiger partial charge on any atom is 0.230 e. The number of allylic oxidation sites excluding steroid dienone is 4. The molecule has 0 spiro atoms. The number of nitrogens with zero attached hydrogens (tertiary/aromatic N) is 3. The van der Waals surface area contributed by atoms with Crippen LogP contribution in [0.25, 0.3) is 12.7 Å². The Balaban J connectivity index is 1.39. The molecular weight excluding hydrogens is 505 g/mol. The van der Waals surface area contributed by atoms with E-state index in [0.717, 1.165) is 18.5 Å². The highest BCUT2D eigenvalue weighted by molar-refractivity contribution is 5.81. The lowest BCUT2D eigenvalue weighted by atomic mass is 10.0. The zero-order valence-electron chi connectivity index (χ0n) is 22.6. The summed E-state index contributed by atoms with van der Waals surface area (Å²) in [5.41, 5.74) is 13.5. The quantitative estimate of drug-likeness (QED) is 0.179. The van der Waals surface area contributed by atoms with Gasteiger partial charge in [0.15, 0.2) is 11.9 Å². The van der Waals surface area contributed by atoms with Gasteiger partial charge < -0.3 is 29.7 Å². The molecule has 0 aliphatic carbocycles. The molecule has 0 saturated carbocycles. The average molecular weight is 542 g/mol. The lowest BCUT2D eigenvalue weighted by Crippen LogP contribution is -2.52. The van der Waals surface area contributed by atoms with Crippen molar-refractivity contribution in [3.63, 3.8) is 0 Å². The molecule has 2 atom stereocenters. The maximum atomic E-state index is 14.9. The summed E-state index contributed by atoms with van der Waals surface area (Å²) >= 11 is 0. The van der Waals surface area contributed by atoms with Crippen LogP contribution in [0.4, 0.5) is 10.2 Å². The van der Waals surface area contributed by atoms with Crippen LogP contribution in [0.2, 0.25) is 0 Å². The van der Waals surface area contributed by atoms with Gasteiger partial charge in [0.2, 0.25) is 5.88 Å². The molecule has 5 N–H and O–H groups in total. The van der Waals surface area contributed by atoms with Crippen molar-refractivity contribution >= 4 is 24.7 Å². The number of aryl methyl sites for hydroxylation is 1. The predicted octanol–water partition coefficient (Wildman–Crippen LogP) is 1.49. The van der Waals surface area contributed by atoms with Gasteiger partial charge in [0, 0.05) is 31.0 Å². The minimum atomic E-state index is -1.39. The Morgan fingerprint density at radius 1 is 1.38 bits per heavy atom. The third kappa shape index (κ3) is 7.51. The summed E-state index contributed by atoms with van der Waals surface area (Å²) in [6.45, 7) is 10.7. The van der Waals surface area contributed by atoms with Gasteiger partial charge in [0.1, 0.15) is 23.7 Å². The van der Waals surface area contributed by atoms with Crippen molar-refractivity contribution in [2.45, 2.75) is 38.4 Å². The average Bonchev–Trinajstić information content (AvgIpc) is 3.48. The van der Waals surface area contributed by atoms with Crippen molar-refractivity contribution < 1.29 is 23.3 Å². The van der Waals surface area contributed by atoms with E-state index in [9.17, 15) is 4.39 Å². The summed E-state index contributed by atoms with van der Waals surface area (Å²) in [6.07, 6.45) is 6.00. The number of halogens is 1. The molecule has 2 aliphatic heterocycles. The van der Waals surface area contributed by atoms with Gasteiger partial charge in [-0.05, 0) is 44.9 Å². The number of rotatable bonds is 12. The Morgan fingerprint density at radius 3 is 3.00 bits per heavy atom. The van der Waals surface area contributed by atoms with Gasteiger partial charge in [-0.2, -0.15) is 0 Å². The second-order valence-corrected chi connectivity index (χ2v) is 9.54. The zero-order chi connectivity index (χ0) is 27.8. The summed E-state index contributed by atoms with van der Waals surface area (Å²) in [6, 6.07) is 1.72. The Morgan fingerprint density at radius 2 is 2.23 bits per heavy atom. The highest BCUT2D eigenvalue weighted by Gasteiger charge is 2.29. The Kier molecular flexibility index (Phi) is 9.46. The first-order chi connectivity index (χ1) is 18.8. The van der Waals surface area contributed by atoms with E-state index in [-0.39, 0.29) is 17.2 Å². The number of hydrogen-bond acceptors (Lipinski definition) is 10. The smallest absolute Gasteiger partial charge is 0.230 e. The molecule has 210 valence electrons. The molecule has 2 aliphatic rings. The minimum Gasteiger partial charge on any atom is -0.494 e. The van der Waals surface area contributed by atoms with Crippen molar-refractivity contribution in [3.8, 4) is 5.88 Å². The standard InChI is InChI=1S/C27H36FN7O4/c1-17-10-22-23(28)11-20(13-30-25(22)35-17)39-26-21(18(2)31-16-32-26)12-24(36-4)19(3)38-8-5-7-33-34-14-27(29)6-9-37-15-27/h10-13,16,23,33-35H,2,5-9,14-15,29H2,1,3-4H3/b21-12+,24-19-. The molecule has 1 fully saturated rings. The van der Waals surface area contributed by atoms with Crippen LogP contribution in [0.15, 0.2) is 40.7 Å². The fraction of sp³-hybridized carbons (Fsp3) is 0.444. The van der Waals surface area contributed by atoms with E-state index in [1.807, 2.05) is 6.92 Å². The van der Waals surface area contributed by atoms with Crippen LogP contribution in [0.1, 0.15) is 37.2 Å². The maximum absolute atomic E-state index is 14.9. The van der Waals surface area contributed by atoms with Gasteiger partial charge in [0.05, 0.1) is 42.6 Å². The highest BCUT2D eigenvalue weighted by atomic mass is 19.1. The fourth-order valence-electron chi connectivity index (χ4n) is 4.11. The number of nitrogens with one attached hydrogen (secondary N) is 3. The molecule has 4 heterocycles. The molecule has 1 saturated heterocycles. The summed E-state index contributed by atoms with van der Waals surface area (Å²) in [4.78, 5) is 15.8. The number of H-pyrrole nitrogens is 1. The SMILES string of the molecule is C=c1ncnc(OC2=CC(F)c3cc(C)[nH]c3N=C2)/c1=C/C(OC)=C(\C)OCCCNNCC1(N)CCOC1. The number of nitrogens with two attached hydrogens (primary N) is 1. The van der Waals surface area contributed by atoms with E-state index in [2.05, 4.69) is 37.4 Å². The van der Waals surface area contributed by atoms with Gasteiger partial charge >= 0.3 is 0 Å². The second kappa shape index (κ2) is 13.0. The molecule has 2 aromatic rings. The van der Waals surface area contributed by atoms with E-state index in [1.165, 1.54) is 25.7 Å². The first-order valence-electron chi connectivity index (χ1n) is 12.8. The molecule has 0 amide bonds. The highest BCUT2D eigenvalue weighted by Crippen LogP contribution is 2.32. The lowest BCUT2D eigenvalue weighted by Gasteiger charge is -2.22. The summed E-state index contributed by atoms with van der Waals surface area (Å²) < 4.78 is 37.6. The number of fused-ring (bicyclic) bond motifs is 1. The van der Waals surface area contributed by atoms with Crippen LogP contribution >= 0.6 is 0 Å². The van der Waals surface area contributed by atoms with Crippen molar-refractivity contribution in [1.29, 1.82) is 0 Å². The van der Waals surface area contributed by atoms with Crippen LogP contribution in [0.5, 0.6) is 5.88 Å². The first-order valence-corrected chi connectivity index (χ1v) is 12.8. The van der Waals surface area contributed by atoms with Crippen LogP contribution in [0, 0.1) is 6.92 Å². The van der Waals surface area contributed by atoms with E-state index >= 15 is 0 Å². The summed E-state index contributed by atoms with van der Waals surface area (Å²) in [5.74, 6) is 1.86. The topological polar surface area (TPSA) is 141 Å². The second-order valence-electron chi connectivity index (χ2n) is 9.54. The first kappa shape index (κ1) is 28.4. The van der Waals surface area contributed by atoms with Crippen LogP contribution in [-0.4, -0.2) is 66.7 Å². The van der Waals surface area contributed by atoms with E-state index in [4.69, 9.17) is 24.7 Å². The van der Waals surface area contributed by atoms with E-state index in [0.29, 0.717) is 66.4 Å². The number of methoxy groups -OCH3 is 1. The van der Waals surface area contributed by atoms with E-state index in [1.54, 1.807) is 19.1 Å². The normalized spacial score (nSPS) is 21.7. The Bertz CT molecular complexity index is 1350. The summed E-state index contributed by atoms with van der Waals surface area (Å²) in [7, 11) is 1.54. The Labute approximate surface area is 226 Å². The van der Waals surface area contributed by atoms with Gasteiger partial charge in [-0.1, -0.05) is 6.58 Å². The fourth-order valence-corrected chi connectivity index (χ4v) is 4.11. The van der Waals surface area contributed by atoms with Gasteiger partial charge in [-0.15, -0.1) is 0 Å². The number of alkyl halides is 1. The molecule has 39 heavy (non-hydrogen) atoms. The third-order valence-electron chi connectivity index (χ3n) is 6.34. The van der Waals surface area contributed by atoms with Crippen molar-refractivity contribution in [1.82, 2.24) is 25.8 Å². The van der Waals surface area contributed by atoms with Crippen LogP contribution in [-0.2, 0) is 14.2 Å². The van der Waals surface area contributed by atoms with Crippen LogP contribution in [0.3, 0.4) is 0 Å². The van der Waals surface area contributed by atoms with Crippen molar-refractivity contribution in [2.75, 3.05) is 40.0 Å². The number of aromatic amines is 1. The molecular formula is C27H36FN7O4. The molecule has 11 nitrogen and oxygen atoms in total. The third-order valence-corrected chi connectivity index (χ3v) is 6.34. The Hall–Kier alpha value is -3.58. The molecule has 0 aromatic carbocycles. The molecule has 4 rings (SSSR count). The number of aliphatic imine (C=N–C) groups is 1. The monoisotopic (exact) mass is 541 g/mol. The van der Waals surface area contributed by atoms with Crippen molar-refractivity contribution in [2.24, 2.45) is 10.7 Å². The lowest BCUT2D eigenvalue weighted by molar-refractivity contribution is 0.173. The molecule has 2 aromatic heterocycles. The van der Waals surface area contributed by atoms with Crippen molar-refractivity contribution in [3.05, 3.63) is 57.6 Å². The number of aromatic nitrogens is 3. The number of ether oxygens (including phenoxy) is 4. The molecule has 0 radical (unpaired) electrons. The van der Waals surface area contributed by atoms with Gasteiger partial charge in [-0.25, -0.2) is 19.4 Å². The minimum absolute atomic E-state index is 0.185. The van der Waals surface area contributed by atoms with Gasteiger partial charge in [-0.3, -0.25) is 10.9 Å². The van der Waals surface area contributed by atoms with Crippen LogP contribution < -0.4 is 31.9 Å². The zero-order valence-corrected chi connectivity index (χ0v) is 22.6. The van der Waals surface area contributed by atoms with E-state index < -0.39 is 6.17 Å². The predicted molar refractivity (Wildman–Crippen MR) is 146 cm³/mol. The number of hydrazine groups is 1. The molecule has 0 bridgehead atoms. The molecule has 2 unspecified atom stereocenters. The number of hydrogen-bond donors (Lipinski definition) is 4.